The molecule has 1 aromatic heterocycles. The largest absolute Gasteiger partial charge is 0.416 e. The van der Waals surface area contributed by atoms with Gasteiger partial charge < -0.3 is 0 Å². The first kappa shape index (κ1) is 20.3. The van der Waals surface area contributed by atoms with E-state index in [1.165, 1.54) is 22.9 Å². The average molecular weight is 397 g/mol. The molecule has 0 aliphatic rings. The first-order valence-electron chi connectivity index (χ1n) is 8.80. The average Bonchev–Trinajstić information content (AvgIpc) is 3.09. The minimum absolute atomic E-state index is 0.154. The SMILES string of the molecule is Cn1cc(C(=N)C(=O)/C=C\Cc2cccc(C(F)(F)F)c2)c(-c2ccccc2)n1. The monoisotopic (exact) mass is 397 g/mol. The molecule has 148 valence electrons. The van der Waals surface area contributed by atoms with Gasteiger partial charge in [0, 0.05) is 24.4 Å². The number of allylic oxidation sites excluding steroid dienone is 2. The zero-order chi connectivity index (χ0) is 21.0. The summed E-state index contributed by atoms with van der Waals surface area (Å²) >= 11 is 0. The lowest BCUT2D eigenvalue weighted by molar-refractivity contribution is -0.137. The number of nitrogens with zero attached hydrogens (tertiary/aromatic N) is 2. The van der Waals surface area contributed by atoms with Crippen LogP contribution in [0.2, 0.25) is 0 Å². The van der Waals surface area contributed by atoms with Gasteiger partial charge in [-0.05, 0) is 24.1 Å². The number of ketones is 1. The molecule has 2 aromatic carbocycles. The third-order valence-corrected chi connectivity index (χ3v) is 4.27. The van der Waals surface area contributed by atoms with Crippen molar-refractivity contribution in [3.8, 4) is 11.3 Å². The lowest BCUT2D eigenvalue weighted by Gasteiger charge is -2.07. The number of hydrogen-bond donors (Lipinski definition) is 1. The molecule has 0 spiro atoms. The number of carbonyl (C=O) groups excluding carboxylic acids is 1. The van der Waals surface area contributed by atoms with Gasteiger partial charge in [0.15, 0.2) is 0 Å². The zero-order valence-electron chi connectivity index (χ0n) is 15.6. The fraction of sp³-hybridized carbons (Fsp3) is 0.136. The van der Waals surface area contributed by atoms with E-state index in [0.717, 1.165) is 17.7 Å². The topological polar surface area (TPSA) is 58.7 Å². The van der Waals surface area contributed by atoms with Gasteiger partial charge in [-0.3, -0.25) is 14.9 Å². The summed E-state index contributed by atoms with van der Waals surface area (Å²) in [6.07, 6.45) is 0.0197. The molecule has 4 nitrogen and oxygen atoms in total. The molecule has 0 bridgehead atoms. The minimum atomic E-state index is -4.41. The zero-order valence-corrected chi connectivity index (χ0v) is 15.6. The molecule has 0 aliphatic heterocycles. The maximum Gasteiger partial charge on any atom is 0.416 e. The summed E-state index contributed by atoms with van der Waals surface area (Å²) in [5.41, 5.74) is 1.18. The Morgan fingerprint density at radius 1 is 1.14 bits per heavy atom. The number of halogens is 3. The van der Waals surface area contributed by atoms with Crippen LogP contribution >= 0.6 is 0 Å². The summed E-state index contributed by atoms with van der Waals surface area (Å²) in [6, 6.07) is 14.2. The molecule has 7 heteroatoms. The van der Waals surface area contributed by atoms with Gasteiger partial charge in [-0.1, -0.05) is 54.6 Å². The van der Waals surface area contributed by atoms with Crippen LogP contribution < -0.4 is 0 Å². The smallest absolute Gasteiger partial charge is 0.296 e. The van der Waals surface area contributed by atoms with E-state index < -0.39 is 17.5 Å². The van der Waals surface area contributed by atoms with Gasteiger partial charge in [-0.25, -0.2) is 0 Å². The summed E-state index contributed by atoms with van der Waals surface area (Å²) in [4.78, 5) is 12.4. The number of hydrogen-bond acceptors (Lipinski definition) is 3. The summed E-state index contributed by atoms with van der Waals surface area (Å²) in [5, 5.41) is 12.6. The maximum absolute atomic E-state index is 12.8. The van der Waals surface area contributed by atoms with Crippen molar-refractivity contribution >= 4 is 11.5 Å². The van der Waals surface area contributed by atoms with Crippen LogP contribution in [0.5, 0.6) is 0 Å². The van der Waals surface area contributed by atoms with Crippen molar-refractivity contribution in [2.45, 2.75) is 12.6 Å². The van der Waals surface area contributed by atoms with Crippen molar-refractivity contribution in [3.05, 3.63) is 89.6 Å². The molecule has 1 heterocycles. The van der Waals surface area contributed by atoms with E-state index in [9.17, 15) is 18.0 Å². The molecule has 3 rings (SSSR count). The molecule has 0 fully saturated rings. The quantitative estimate of drug-likeness (QED) is 0.478. The second kappa shape index (κ2) is 8.26. The number of benzene rings is 2. The summed E-state index contributed by atoms with van der Waals surface area (Å²) in [5.74, 6) is -0.540. The Bertz CT molecular complexity index is 1070. The number of alkyl halides is 3. The van der Waals surface area contributed by atoms with E-state index >= 15 is 0 Å². The van der Waals surface area contributed by atoms with E-state index in [1.807, 2.05) is 30.3 Å². The Hall–Kier alpha value is -3.48. The van der Waals surface area contributed by atoms with Crippen molar-refractivity contribution in [3.63, 3.8) is 0 Å². The van der Waals surface area contributed by atoms with E-state index in [2.05, 4.69) is 5.10 Å². The lowest BCUT2D eigenvalue weighted by Crippen LogP contribution is -2.12. The second-order valence-electron chi connectivity index (χ2n) is 6.47. The van der Waals surface area contributed by atoms with Gasteiger partial charge in [-0.2, -0.15) is 18.3 Å². The van der Waals surface area contributed by atoms with E-state index in [4.69, 9.17) is 5.41 Å². The van der Waals surface area contributed by atoms with Crippen LogP contribution in [-0.4, -0.2) is 21.3 Å². The fourth-order valence-corrected chi connectivity index (χ4v) is 2.87. The molecule has 0 radical (unpaired) electrons. The van der Waals surface area contributed by atoms with Crippen molar-refractivity contribution in [1.82, 2.24) is 9.78 Å². The predicted molar refractivity (Wildman–Crippen MR) is 105 cm³/mol. The fourth-order valence-electron chi connectivity index (χ4n) is 2.87. The van der Waals surface area contributed by atoms with Gasteiger partial charge in [0.2, 0.25) is 5.78 Å². The molecule has 0 amide bonds. The molecule has 0 unspecified atom stereocenters. The second-order valence-corrected chi connectivity index (χ2v) is 6.47. The number of nitrogens with one attached hydrogen (secondary N) is 1. The first-order valence-corrected chi connectivity index (χ1v) is 8.80. The van der Waals surface area contributed by atoms with Gasteiger partial charge >= 0.3 is 6.18 Å². The van der Waals surface area contributed by atoms with E-state index in [1.54, 1.807) is 19.3 Å². The summed E-state index contributed by atoms with van der Waals surface area (Å²) in [7, 11) is 1.71. The highest BCUT2D eigenvalue weighted by atomic mass is 19.4. The number of aryl methyl sites for hydroxylation is 1. The molecule has 29 heavy (non-hydrogen) atoms. The highest BCUT2D eigenvalue weighted by Gasteiger charge is 2.30. The Morgan fingerprint density at radius 3 is 2.55 bits per heavy atom. The van der Waals surface area contributed by atoms with Crippen LogP contribution in [0.1, 0.15) is 16.7 Å². The van der Waals surface area contributed by atoms with E-state index in [-0.39, 0.29) is 12.1 Å². The standard InChI is InChI=1S/C22H18F3N3O/c1-28-14-18(21(27-28)16-9-3-2-4-10-16)20(26)19(29)12-6-8-15-7-5-11-17(13-15)22(23,24)25/h2-7,9-14,26H,8H2,1H3/b12-6-,26-20?. The number of rotatable bonds is 6. The summed E-state index contributed by atoms with van der Waals surface area (Å²) in [6.45, 7) is 0. The summed E-state index contributed by atoms with van der Waals surface area (Å²) < 4.78 is 39.9. The van der Waals surface area contributed by atoms with Crippen LogP contribution in [0.15, 0.2) is 72.9 Å². The van der Waals surface area contributed by atoms with Crippen LogP contribution in [0.3, 0.4) is 0 Å². The van der Waals surface area contributed by atoms with Gasteiger partial charge in [-0.15, -0.1) is 0 Å². The Morgan fingerprint density at radius 2 is 1.86 bits per heavy atom. The molecule has 0 saturated heterocycles. The van der Waals surface area contributed by atoms with Gasteiger partial charge in [0.25, 0.3) is 0 Å². The van der Waals surface area contributed by atoms with Gasteiger partial charge in [0.05, 0.1) is 5.56 Å². The highest BCUT2D eigenvalue weighted by molar-refractivity contribution is 6.49. The molecular weight excluding hydrogens is 379 g/mol. The van der Waals surface area contributed by atoms with Crippen LogP contribution in [0, 0.1) is 5.41 Å². The van der Waals surface area contributed by atoms with Crippen LogP contribution in [-0.2, 0) is 24.4 Å². The molecule has 0 atom stereocenters. The Kier molecular flexibility index (Phi) is 5.77. The Labute approximate surface area is 165 Å². The van der Waals surface area contributed by atoms with Crippen molar-refractivity contribution in [1.29, 1.82) is 5.41 Å². The van der Waals surface area contributed by atoms with Gasteiger partial charge in [0.1, 0.15) is 11.4 Å². The van der Waals surface area contributed by atoms with Crippen LogP contribution in [0.25, 0.3) is 11.3 Å². The first-order chi connectivity index (χ1) is 13.8. The molecule has 0 saturated carbocycles. The number of carbonyl (C=O) groups is 1. The lowest BCUT2D eigenvalue weighted by atomic mass is 10.0. The third kappa shape index (κ3) is 4.87. The molecule has 3 aromatic rings. The van der Waals surface area contributed by atoms with Crippen molar-refractivity contribution in [2.75, 3.05) is 0 Å². The Balaban J connectivity index is 1.75. The normalized spacial score (nSPS) is 11.7. The number of aromatic nitrogens is 2. The highest BCUT2D eigenvalue weighted by Crippen LogP contribution is 2.29. The van der Waals surface area contributed by atoms with Crippen LogP contribution in [0.4, 0.5) is 13.2 Å². The molecule has 1 N–H and O–H groups in total. The maximum atomic E-state index is 12.8. The third-order valence-electron chi connectivity index (χ3n) is 4.27. The molecular formula is C22H18F3N3O. The van der Waals surface area contributed by atoms with E-state index in [0.29, 0.717) is 16.8 Å². The molecule has 0 aliphatic carbocycles. The minimum Gasteiger partial charge on any atom is -0.296 e. The predicted octanol–water partition coefficient (Wildman–Crippen LogP) is 4.84. The van der Waals surface area contributed by atoms with Crippen molar-refractivity contribution < 1.29 is 18.0 Å². The van der Waals surface area contributed by atoms with Crippen molar-refractivity contribution in [2.24, 2.45) is 7.05 Å².